The highest BCUT2D eigenvalue weighted by molar-refractivity contribution is 7.89. The van der Waals surface area contributed by atoms with Gasteiger partial charge in [0.15, 0.2) is 0 Å². The zero-order valence-electron chi connectivity index (χ0n) is 17.5. The Kier molecular flexibility index (Phi) is 6.90. The lowest BCUT2D eigenvalue weighted by molar-refractivity contribution is -0.126. The molecule has 1 aromatic carbocycles. The minimum absolute atomic E-state index is 0.0654. The molecule has 0 spiro atoms. The topological polar surface area (TPSA) is 92.3 Å². The van der Waals surface area contributed by atoms with Gasteiger partial charge < -0.3 is 5.32 Å². The lowest BCUT2D eigenvalue weighted by Gasteiger charge is -2.30. The molecule has 0 saturated carbocycles. The van der Waals surface area contributed by atoms with E-state index in [2.05, 4.69) is 15.3 Å². The second kappa shape index (κ2) is 9.66. The molecule has 0 aliphatic carbocycles. The third-order valence-electron chi connectivity index (χ3n) is 5.47. The van der Waals surface area contributed by atoms with E-state index in [0.717, 1.165) is 21.1 Å². The molecule has 2 aromatic heterocycles. The molecule has 1 amide bonds. The maximum Gasteiger partial charge on any atom is 0.244 e. The molecule has 3 aromatic rings. The van der Waals surface area contributed by atoms with E-state index in [-0.39, 0.29) is 16.7 Å². The van der Waals surface area contributed by atoms with Crippen molar-refractivity contribution >= 4 is 38.9 Å². The summed E-state index contributed by atoms with van der Waals surface area (Å²) in [6, 6.07) is 10.7. The predicted octanol–water partition coefficient (Wildman–Crippen LogP) is 3.88. The monoisotopic (exact) mass is 490 g/mol. The van der Waals surface area contributed by atoms with Gasteiger partial charge in [-0.05, 0) is 44.0 Å². The zero-order valence-corrected chi connectivity index (χ0v) is 19.9. The van der Waals surface area contributed by atoms with Crippen molar-refractivity contribution in [3.05, 3.63) is 63.7 Å². The normalized spacial score (nSPS) is 15.6. The molecule has 168 valence electrons. The number of aryl methyl sites for hydroxylation is 1. The number of thiazole rings is 1. The third-order valence-corrected chi connectivity index (χ3v) is 8.57. The summed E-state index contributed by atoms with van der Waals surface area (Å²) in [7, 11) is -3.58. The van der Waals surface area contributed by atoms with Crippen LogP contribution in [0.3, 0.4) is 0 Å². The summed E-state index contributed by atoms with van der Waals surface area (Å²) in [6.07, 6.45) is 3.86. The number of carbonyl (C=O) groups is 1. The first-order valence-corrected chi connectivity index (χ1v) is 12.9. The van der Waals surface area contributed by atoms with Crippen LogP contribution >= 0.6 is 22.9 Å². The third kappa shape index (κ3) is 5.01. The van der Waals surface area contributed by atoms with E-state index in [1.54, 1.807) is 17.4 Å². The van der Waals surface area contributed by atoms with Crippen LogP contribution in [-0.4, -0.2) is 41.7 Å². The minimum atomic E-state index is -3.58. The Bertz CT molecular complexity index is 1190. The van der Waals surface area contributed by atoms with Crippen LogP contribution in [0, 0.1) is 12.8 Å². The van der Waals surface area contributed by atoms with Crippen LogP contribution in [0.4, 0.5) is 0 Å². The summed E-state index contributed by atoms with van der Waals surface area (Å²) in [5.41, 5.74) is 1.88. The molecule has 1 saturated heterocycles. The number of sulfonamides is 1. The van der Waals surface area contributed by atoms with E-state index in [1.807, 2.05) is 31.2 Å². The number of benzene rings is 1. The SMILES string of the molecule is Cc1sc(CNC(=O)C2CCN(S(=O)(=O)c3cccnc3)CC2)nc1-c1ccc(Cl)cc1. The average molecular weight is 491 g/mol. The maximum absolute atomic E-state index is 12.7. The van der Waals surface area contributed by atoms with Gasteiger partial charge in [0.2, 0.25) is 15.9 Å². The van der Waals surface area contributed by atoms with Crippen molar-refractivity contribution in [3.8, 4) is 11.3 Å². The number of carbonyl (C=O) groups excluding carboxylic acids is 1. The summed E-state index contributed by atoms with van der Waals surface area (Å²) in [5.74, 6) is -0.281. The molecule has 4 rings (SSSR count). The summed E-state index contributed by atoms with van der Waals surface area (Å²) in [4.78, 5) is 22.5. The van der Waals surface area contributed by atoms with Gasteiger partial charge in [0.1, 0.15) is 9.90 Å². The average Bonchev–Trinajstić information content (AvgIpc) is 3.19. The van der Waals surface area contributed by atoms with Crippen LogP contribution < -0.4 is 5.32 Å². The van der Waals surface area contributed by atoms with Crippen molar-refractivity contribution in [2.24, 2.45) is 5.92 Å². The fourth-order valence-electron chi connectivity index (χ4n) is 3.72. The smallest absolute Gasteiger partial charge is 0.244 e. The minimum Gasteiger partial charge on any atom is -0.349 e. The molecule has 0 radical (unpaired) electrons. The molecule has 1 aliphatic rings. The first-order chi connectivity index (χ1) is 15.3. The van der Waals surface area contributed by atoms with Crippen LogP contribution in [0.2, 0.25) is 5.02 Å². The van der Waals surface area contributed by atoms with E-state index in [4.69, 9.17) is 11.6 Å². The van der Waals surface area contributed by atoms with Gasteiger partial charge in [-0.15, -0.1) is 11.3 Å². The quantitative estimate of drug-likeness (QED) is 0.566. The molecular formula is C22H23ClN4O3S2. The van der Waals surface area contributed by atoms with E-state index < -0.39 is 10.0 Å². The molecular weight excluding hydrogens is 468 g/mol. The molecule has 1 N–H and O–H groups in total. The Hall–Kier alpha value is -2.33. The molecule has 0 atom stereocenters. The van der Waals surface area contributed by atoms with Crippen LogP contribution in [-0.2, 0) is 21.4 Å². The number of piperidine rings is 1. The number of nitrogens with zero attached hydrogens (tertiary/aromatic N) is 3. The van der Waals surface area contributed by atoms with E-state index in [0.29, 0.717) is 37.5 Å². The highest BCUT2D eigenvalue weighted by atomic mass is 35.5. The van der Waals surface area contributed by atoms with E-state index in [1.165, 1.54) is 22.8 Å². The van der Waals surface area contributed by atoms with Gasteiger partial charge in [-0.1, -0.05) is 23.7 Å². The lowest BCUT2D eigenvalue weighted by atomic mass is 9.97. The van der Waals surface area contributed by atoms with Gasteiger partial charge in [-0.2, -0.15) is 4.31 Å². The summed E-state index contributed by atoms with van der Waals surface area (Å²) in [5, 5.41) is 4.47. The van der Waals surface area contributed by atoms with Crippen LogP contribution in [0.25, 0.3) is 11.3 Å². The molecule has 7 nitrogen and oxygen atoms in total. The largest absolute Gasteiger partial charge is 0.349 e. The number of halogens is 1. The van der Waals surface area contributed by atoms with Crippen LogP contribution in [0.5, 0.6) is 0 Å². The predicted molar refractivity (Wildman–Crippen MR) is 125 cm³/mol. The van der Waals surface area contributed by atoms with E-state index in [9.17, 15) is 13.2 Å². The molecule has 10 heteroatoms. The lowest BCUT2D eigenvalue weighted by Crippen LogP contribution is -2.42. The molecule has 32 heavy (non-hydrogen) atoms. The van der Waals surface area contributed by atoms with Crippen molar-refractivity contribution in [2.75, 3.05) is 13.1 Å². The van der Waals surface area contributed by atoms with Gasteiger partial charge in [-0.25, -0.2) is 13.4 Å². The standard InChI is InChI=1S/C22H23ClN4O3S2/c1-15-21(16-4-6-18(23)7-5-16)26-20(31-15)14-25-22(28)17-8-11-27(12-9-17)32(29,30)19-3-2-10-24-13-19/h2-7,10,13,17H,8-9,11-12,14H2,1H3,(H,25,28). The number of pyridine rings is 1. The fourth-order valence-corrected chi connectivity index (χ4v) is 6.17. The number of nitrogens with one attached hydrogen (secondary N) is 1. The summed E-state index contributed by atoms with van der Waals surface area (Å²) >= 11 is 7.51. The highest BCUT2D eigenvalue weighted by Gasteiger charge is 2.32. The number of amides is 1. The first kappa shape index (κ1) is 22.8. The number of hydrogen-bond acceptors (Lipinski definition) is 6. The van der Waals surface area contributed by atoms with Crippen molar-refractivity contribution < 1.29 is 13.2 Å². The molecule has 0 unspecified atom stereocenters. The maximum atomic E-state index is 12.7. The van der Waals surface area contributed by atoms with Crippen LogP contribution in [0.15, 0.2) is 53.7 Å². The Labute approximate surface area is 196 Å². The Morgan fingerprint density at radius 2 is 1.94 bits per heavy atom. The van der Waals surface area contributed by atoms with Gasteiger partial charge in [0.05, 0.1) is 12.2 Å². The number of rotatable bonds is 6. The molecule has 1 aliphatic heterocycles. The van der Waals surface area contributed by atoms with Crippen molar-refractivity contribution in [1.82, 2.24) is 19.6 Å². The Morgan fingerprint density at radius 3 is 2.59 bits per heavy atom. The van der Waals surface area contributed by atoms with Gasteiger partial charge in [0.25, 0.3) is 0 Å². The zero-order chi connectivity index (χ0) is 22.7. The highest BCUT2D eigenvalue weighted by Crippen LogP contribution is 2.29. The Morgan fingerprint density at radius 1 is 1.22 bits per heavy atom. The van der Waals surface area contributed by atoms with Gasteiger partial charge in [0, 0.05) is 46.9 Å². The first-order valence-electron chi connectivity index (χ1n) is 10.2. The second-order valence-electron chi connectivity index (χ2n) is 7.60. The number of hydrogen-bond donors (Lipinski definition) is 1. The molecule has 3 heterocycles. The molecule has 0 bridgehead atoms. The van der Waals surface area contributed by atoms with Crippen molar-refractivity contribution in [3.63, 3.8) is 0 Å². The molecule has 1 fully saturated rings. The van der Waals surface area contributed by atoms with Crippen molar-refractivity contribution in [1.29, 1.82) is 0 Å². The van der Waals surface area contributed by atoms with Gasteiger partial charge >= 0.3 is 0 Å². The Balaban J connectivity index is 1.32. The van der Waals surface area contributed by atoms with Crippen LogP contribution in [0.1, 0.15) is 22.7 Å². The van der Waals surface area contributed by atoms with E-state index >= 15 is 0 Å². The van der Waals surface area contributed by atoms with Gasteiger partial charge in [-0.3, -0.25) is 9.78 Å². The number of aromatic nitrogens is 2. The summed E-state index contributed by atoms with van der Waals surface area (Å²) in [6.45, 7) is 2.98. The second-order valence-corrected chi connectivity index (χ2v) is 11.3. The fraction of sp³-hybridized carbons (Fsp3) is 0.318. The summed E-state index contributed by atoms with van der Waals surface area (Å²) < 4.78 is 26.9. The van der Waals surface area contributed by atoms with Crippen molar-refractivity contribution in [2.45, 2.75) is 31.2 Å².